The van der Waals surface area contributed by atoms with Gasteiger partial charge in [0.1, 0.15) is 12.8 Å². The third-order valence-electron chi connectivity index (χ3n) is 3.27. The quantitative estimate of drug-likeness (QED) is 0.882. The second-order valence-electron chi connectivity index (χ2n) is 4.80. The van der Waals surface area contributed by atoms with E-state index in [9.17, 15) is 14.3 Å². The van der Waals surface area contributed by atoms with Crippen LogP contribution in [0.5, 0.6) is 0 Å². The van der Waals surface area contributed by atoms with E-state index >= 15 is 0 Å². The number of carbonyl (C=O) groups is 1. The summed E-state index contributed by atoms with van der Waals surface area (Å²) < 4.78 is 18.3. The molecule has 1 aliphatic carbocycles. The van der Waals surface area contributed by atoms with Crippen molar-refractivity contribution in [3.05, 3.63) is 35.9 Å². The lowest BCUT2D eigenvalue weighted by molar-refractivity contribution is 0.0314. The van der Waals surface area contributed by atoms with Crippen molar-refractivity contribution in [1.82, 2.24) is 5.32 Å². The van der Waals surface area contributed by atoms with Crippen molar-refractivity contribution < 1.29 is 19.0 Å². The van der Waals surface area contributed by atoms with Crippen LogP contribution in [0.2, 0.25) is 0 Å². The van der Waals surface area contributed by atoms with Crippen molar-refractivity contribution in [1.29, 1.82) is 0 Å². The number of aliphatic hydroxyl groups is 1. The highest BCUT2D eigenvalue weighted by atomic mass is 19.1. The lowest BCUT2D eigenvalue weighted by Crippen LogP contribution is -2.43. The van der Waals surface area contributed by atoms with Crippen LogP contribution in [0.15, 0.2) is 30.3 Å². The van der Waals surface area contributed by atoms with Gasteiger partial charge in [-0.3, -0.25) is 0 Å². The Morgan fingerprint density at radius 3 is 2.79 bits per heavy atom. The van der Waals surface area contributed by atoms with Crippen LogP contribution in [-0.4, -0.2) is 29.5 Å². The van der Waals surface area contributed by atoms with Crippen LogP contribution >= 0.6 is 0 Å². The largest absolute Gasteiger partial charge is 0.445 e. The molecule has 1 aliphatic rings. The first-order valence-electron chi connectivity index (χ1n) is 6.44. The Bertz CT molecular complexity index is 412. The lowest BCUT2D eigenvalue weighted by Gasteiger charge is -2.28. The lowest BCUT2D eigenvalue weighted by atomic mass is 9.92. The van der Waals surface area contributed by atoms with Gasteiger partial charge in [0.05, 0.1) is 6.10 Å². The summed E-state index contributed by atoms with van der Waals surface area (Å²) in [5.41, 5.74) is 0.903. The Labute approximate surface area is 111 Å². The van der Waals surface area contributed by atoms with E-state index in [1.54, 1.807) is 0 Å². The Hall–Kier alpha value is -1.62. The number of alkyl halides is 1. The third kappa shape index (κ3) is 4.21. The number of nitrogens with one attached hydrogen (secondary N) is 1. The number of halogens is 1. The number of alkyl carbamates (subject to hydrolysis) is 1. The standard InChI is InChI=1S/C14H18FNO3/c15-12-8-11(6-7-13(12)17)16-14(18)19-9-10-4-2-1-3-5-10/h1-5,11-13,17H,6-9H2,(H,16,18)/t11-,12+,13+/m0/s1. The van der Waals surface area contributed by atoms with Gasteiger partial charge in [-0.15, -0.1) is 0 Å². The van der Waals surface area contributed by atoms with Crippen molar-refractivity contribution in [3.8, 4) is 0 Å². The highest BCUT2D eigenvalue weighted by Crippen LogP contribution is 2.21. The predicted octanol–water partition coefficient (Wildman–Crippen LogP) is 2.16. The minimum atomic E-state index is -1.27. The van der Waals surface area contributed by atoms with Gasteiger partial charge in [-0.25, -0.2) is 9.18 Å². The van der Waals surface area contributed by atoms with Crippen LogP contribution in [0.25, 0.3) is 0 Å². The first-order valence-corrected chi connectivity index (χ1v) is 6.44. The molecular weight excluding hydrogens is 249 g/mol. The SMILES string of the molecule is O=C(N[C@H]1CC[C@@H](O)[C@H](F)C1)OCc1ccccc1. The molecule has 1 aromatic rings. The van der Waals surface area contributed by atoms with E-state index < -0.39 is 18.4 Å². The van der Waals surface area contributed by atoms with E-state index in [2.05, 4.69) is 5.32 Å². The minimum absolute atomic E-state index is 0.140. The summed E-state index contributed by atoms with van der Waals surface area (Å²) in [6, 6.07) is 9.09. The van der Waals surface area contributed by atoms with Crippen LogP contribution in [-0.2, 0) is 11.3 Å². The number of benzene rings is 1. The Morgan fingerprint density at radius 1 is 1.37 bits per heavy atom. The molecule has 4 nitrogen and oxygen atoms in total. The first kappa shape index (κ1) is 13.8. The van der Waals surface area contributed by atoms with Crippen molar-refractivity contribution in [2.75, 3.05) is 0 Å². The molecule has 0 aromatic heterocycles. The smallest absolute Gasteiger partial charge is 0.407 e. The molecule has 0 spiro atoms. The number of hydrogen-bond donors (Lipinski definition) is 2. The molecular formula is C14H18FNO3. The molecule has 0 bridgehead atoms. The number of amides is 1. The maximum atomic E-state index is 13.3. The normalized spacial score (nSPS) is 26.7. The molecule has 0 aliphatic heterocycles. The van der Waals surface area contributed by atoms with Crippen LogP contribution in [0.1, 0.15) is 24.8 Å². The molecule has 104 valence electrons. The van der Waals surface area contributed by atoms with Gasteiger partial charge in [-0.05, 0) is 18.4 Å². The molecule has 0 saturated heterocycles. The molecule has 1 amide bonds. The maximum Gasteiger partial charge on any atom is 0.407 e. The molecule has 0 unspecified atom stereocenters. The summed E-state index contributed by atoms with van der Waals surface area (Å²) in [7, 11) is 0. The minimum Gasteiger partial charge on any atom is -0.445 e. The zero-order valence-electron chi connectivity index (χ0n) is 10.6. The highest BCUT2D eigenvalue weighted by molar-refractivity contribution is 5.67. The van der Waals surface area contributed by atoms with E-state index in [1.807, 2.05) is 30.3 Å². The number of ether oxygens (including phenoxy) is 1. The van der Waals surface area contributed by atoms with Gasteiger partial charge < -0.3 is 15.2 Å². The van der Waals surface area contributed by atoms with E-state index in [4.69, 9.17) is 4.74 Å². The summed E-state index contributed by atoms with van der Waals surface area (Å²) in [6.45, 7) is 0.196. The van der Waals surface area contributed by atoms with Crippen molar-refractivity contribution in [2.45, 2.75) is 44.2 Å². The van der Waals surface area contributed by atoms with Crippen LogP contribution in [0.4, 0.5) is 9.18 Å². The summed E-state index contributed by atoms with van der Waals surface area (Å²) in [6.07, 6.45) is -1.64. The fourth-order valence-corrected chi connectivity index (χ4v) is 2.16. The molecule has 2 rings (SSSR count). The first-order chi connectivity index (χ1) is 9.15. The van der Waals surface area contributed by atoms with Gasteiger partial charge >= 0.3 is 6.09 Å². The molecule has 19 heavy (non-hydrogen) atoms. The number of rotatable bonds is 3. The zero-order chi connectivity index (χ0) is 13.7. The molecule has 0 radical (unpaired) electrons. The topological polar surface area (TPSA) is 58.6 Å². The fourth-order valence-electron chi connectivity index (χ4n) is 2.16. The number of carbonyl (C=O) groups excluding carboxylic acids is 1. The summed E-state index contributed by atoms with van der Waals surface area (Å²) in [5, 5.41) is 11.9. The molecule has 0 heterocycles. The summed E-state index contributed by atoms with van der Waals surface area (Å²) in [4.78, 5) is 11.6. The fraction of sp³-hybridized carbons (Fsp3) is 0.500. The van der Waals surface area contributed by atoms with E-state index in [1.165, 1.54) is 0 Å². The molecule has 1 saturated carbocycles. The molecule has 3 atom stereocenters. The van der Waals surface area contributed by atoms with E-state index in [0.29, 0.717) is 12.8 Å². The number of hydrogen-bond acceptors (Lipinski definition) is 3. The van der Waals surface area contributed by atoms with Crippen LogP contribution in [0.3, 0.4) is 0 Å². The number of aliphatic hydroxyl groups excluding tert-OH is 1. The third-order valence-corrected chi connectivity index (χ3v) is 3.27. The second-order valence-corrected chi connectivity index (χ2v) is 4.80. The highest BCUT2D eigenvalue weighted by Gasteiger charge is 2.29. The van der Waals surface area contributed by atoms with Gasteiger partial charge in [0.25, 0.3) is 0 Å². The van der Waals surface area contributed by atoms with Gasteiger partial charge in [0.2, 0.25) is 0 Å². The summed E-state index contributed by atoms with van der Waals surface area (Å²) in [5.74, 6) is 0. The Morgan fingerprint density at radius 2 is 2.11 bits per heavy atom. The van der Waals surface area contributed by atoms with Gasteiger partial charge in [0, 0.05) is 12.5 Å². The molecule has 1 aromatic carbocycles. The Balaban J connectivity index is 1.73. The molecule has 1 fully saturated rings. The van der Waals surface area contributed by atoms with E-state index in [0.717, 1.165) is 5.56 Å². The average Bonchev–Trinajstić information content (AvgIpc) is 2.42. The van der Waals surface area contributed by atoms with Crippen LogP contribution in [0, 0.1) is 0 Å². The zero-order valence-corrected chi connectivity index (χ0v) is 10.6. The monoisotopic (exact) mass is 267 g/mol. The Kier molecular flexibility index (Phi) is 4.74. The summed E-state index contributed by atoms with van der Waals surface area (Å²) >= 11 is 0. The average molecular weight is 267 g/mol. The van der Waals surface area contributed by atoms with Crippen molar-refractivity contribution >= 4 is 6.09 Å². The van der Waals surface area contributed by atoms with Crippen molar-refractivity contribution in [3.63, 3.8) is 0 Å². The predicted molar refractivity (Wildman–Crippen MR) is 68.3 cm³/mol. The van der Waals surface area contributed by atoms with Gasteiger partial charge in [0.15, 0.2) is 0 Å². The molecule has 5 heteroatoms. The van der Waals surface area contributed by atoms with Gasteiger partial charge in [-0.1, -0.05) is 30.3 Å². The van der Waals surface area contributed by atoms with Crippen LogP contribution < -0.4 is 5.32 Å². The second kappa shape index (κ2) is 6.52. The maximum absolute atomic E-state index is 13.3. The van der Waals surface area contributed by atoms with E-state index in [-0.39, 0.29) is 19.1 Å². The molecule has 2 N–H and O–H groups in total. The van der Waals surface area contributed by atoms with Crippen molar-refractivity contribution in [2.24, 2.45) is 0 Å². The van der Waals surface area contributed by atoms with Gasteiger partial charge in [-0.2, -0.15) is 0 Å².